The fourth-order valence-electron chi connectivity index (χ4n) is 3.31. The number of halogens is 1. The first-order valence-corrected chi connectivity index (χ1v) is 8.13. The van der Waals surface area contributed by atoms with Crippen molar-refractivity contribution in [3.8, 4) is 0 Å². The van der Waals surface area contributed by atoms with Crippen LogP contribution in [0.1, 0.15) is 36.7 Å². The molecule has 1 aromatic heterocycles. The first-order chi connectivity index (χ1) is 11.6. The summed E-state index contributed by atoms with van der Waals surface area (Å²) >= 11 is 0. The number of piperazine rings is 1. The molecule has 1 saturated carbocycles. The number of nitrogens with one attached hydrogen (secondary N) is 1. The third kappa shape index (κ3) is 3.00. The van der Waals surface area contributed by atoms with Gasteiger partial charge in [0.05, 0.1) is 11.2 Å². The molecule has 2 fully saturated rings. The Hall–Kier alpha value is -2.41. The van der Waals surface area contributed by atoms with E-state index < -0.39 is 17.2 Å². The molecule has 2 heterocycles. The van der Waals surface area contributed by atoms with E-state index in [9.17, 15) is 19.1 Å². The van der Waals surface area contributed by atoms with Gasteiger partial charge in [-0.1, -0.05) is 7.43 Å². The van der Waals surface area contributed by atoms with Crippen molar-refractivity contribution < 1.29 is 14.3 Å². The van der Waals surface area contributed by atoms with Crippen LogP contribution in [0.2, 0.25) is 0 Å². The molecule has 0 bridgehead atoms. The van der Waals surface area contributed by atoms with E-state index in [-0.39, 0.29) is 24.4 Å². The molecule has 2 N–H and O–H groups in total. The van der Waals surface area contributed by atoms with E-state index in [2.05, 4.69) is 5.32 Å². The number of carbonyl (C=O) groups is 1. The summed E-state index contributed by atoms with van der Waals surface area (Å²) in [6.45, 7) is 2.96. The highest BCUT2D eigenvalue weighted by Gasteiger charge is 2.28. The highest BCUT2D eigenvalue weighted by Crippen LogP contribution is 2.38. The van der Waals surface area contributed by atoms with E-state index >= 15 is 0 Å². The number of fused-ring (bicyclic) bond motifs is 1. The Kier molecular flexibility index (Phi) is 4.51. The summed E-state index contributed by atoms with van der Waals surface area (Å²) in [4.78, 5) is 25.7. The number of carboxylic acids is 1. The lowest BCUT2D eigenvalue weighted by Gasteiger charge is -2.30. The third-order valence-corrected chi connectivity index (χ3v) is 4.73. The van der Waals surface area contributed by atoms with Crippen molar-refractivity contribution in [1.82, 2.24) is 9.88 Å². The van der Waals surface area contributed by atoms with Gasteiger partial charge in [0, 0.05) is 43.8 Å². The standard InChI is InChI=1S/C17H18FN3O3.CH4/c18-13-7-11-14(8-15(13)20-5-3-19-4-6-20)21(10-1-2-10)9-12(16(11)22)17(23)24;/h7-10,19H,1-6H2,(H,23,24);1H4. The number of rotatable bonds is 3. The topological polar surface area (TPSA) is 74.6 Å². The van der Waals surface area contributed by atoms with E-state index in [0.717, 1.165) is 25.9 Å². The van der Waals surface area contributed by atoms with Crippen LogP contribution in [0.25, 0.3) is 10.9 Å². The van der Waals surface area contributed by atoms with Crippen LogP contribution in [0.3, 0.4) is 0 Å². The molecule has 2 aliphatic rings. The summed E-state index contributed by atoms with van der Waals surface area (Å²) in [5.74, 6) is -1.76. The predicted molar refractivity (Wildman–Crippen MR) is 95.2 cm³/mol. The van der Waals surface area contributed by atoms with Gasteiger partial charge in [0.1, 0.15) is 11.4 Å². The largest absolute Gasteiger partial charge is 0.477 e. The van der Waals surface area contributed by atoms with Crippen LogP contribution in [0.5, 0.6) is 0 Å². The van der Waals surface area contributed by atoms with Crippen LogP contribution in [-0.2, 0) is 0 Å². The Balaban J connectivity index is 0.00000182. The fourth-order valence-corrected chi connectivity index (χ4v) is 3.31. The molecule has 0 radical (unpaired) electrons. The van der Waals surface area contributed by atoms with Gasteiger partial charge >= 0.3 is 5.97 Å². The van der Waals surface area contributed by atoms with Crippen molar-refractivity contribution in [3.63, 3.8) is 0 Å². The maximum Gasteiger partial charge on any atom is 0.341 e. The Morgan fingerprint density at radius 2 is 1.92 bits per heavy atom. The van der Waals surface area contributed by atoms with Crippen LogP contribution in [0.15, 0.2) is 23.1 Å². The molecule has 1 saturated heterocycles. The van der Waals surface area contributed by atoms with Crippen molar-refractivity contribution >= 4 is 22.6 Å². The van der Waals surface area contributed by atoms with Crippen LogP contribution in [0, 0.1) is 5.82 Å². The van der Waals surface area contributed by atoms with E-state index in [1.807, 2.05) is 9.47 Å². The number of pyridine rings is 1. The minimum Gasteiger partial charge on any atom is -0.477 e. The molecule has 2 aromatic rings. The number of nitrogens with zero attached hydrogens (tertiary/aromatic N) is 2. The number of anilines is 1. The smallest absolute Gasteiger partial charge is 0.341 e. The summed E-state index contributed by atoms with van der Waals surface area (Å²) in [5, 5.41) is 12.6. The van der Waals surface area contributed by atoms with Gasteiger partial charge in [-0.3, -0.25) is 4.79 Å². The molecule has 0 atom stereocenters. The van der Waals surface area contributed by atoms with Crippen LogP contribution >= 0.6 is 0 Å². The number of aromatic nitrogens is 1. The Labute approximate surface area is 144 Å². The highest BCUT2D eigenvalue weighted by atomic mass is 19.1. The van der Waals surface area contributed by atoms with Crippen molar-refractivity contribution in [2.24, 2.45) is 0 Å². The zero-order valence-corrected chi connectivity index (χ0v) is 13.1. The SMILES string of the molecule is C.O=C(O)c1cn(C2CC2)c2cc(N3CCNCC3)c(F)cc2c1=O. The van der Waals surface area contributed by atoms with Crippen LogP contribution < -0.4 is 15.6 Å². The van der Waals surface area contributed by atoms with E-state index in [1.54, 1.807) is 6.07 Å². The third-order valence-electron chi connectivity index (χ3n) is 4.73. The van der Waals surface area contributed by atoms with Gasteiger partial charge < -0.3 is 19.9 Å². The van der Waals surface area contributed by atoms with Gasteiger partial charge in [-0.05, 0) is 25.0 Å². The molecule has 4 rings (SSSR count). The van der Waals surface area contributed by atoms with Gasteiger partial charge in [0.25, 0.3) is 0 Å². The Morgan fingerprint density at radius 1 is 1.24 bits per heavy atom. The fraction of sp³-hybridized carbons (Fsp3) is 0.444. The summed E-state index contributed by atoms with van der Waals surface area (Å²) < 4.78 is 16.4. The first kappa shape index (κ1) is 17.4. The van der Waals surface area contributed by atoms with Gasteiger partial charge in [0.2, 0.25) is 5.43 Å². The Bertz CT molecular complexity index is 883. The second kappa shape index (κ2) is 6.48. The van der Waals surface area contributed by atoms with Gasteiger partial charge in [-0.25, -0.2) is 9.18 Å². The lowest BCUT2D eigenvalue weighted by Crippen LogP contribution is -2.43. The lowest BCUT2D eigenvalue weighted by molar-refractivity contribution is 0.0695. The number of carboxylic acid groups (broad SMARTS) is 1. The van der Waals surface area contributed by atoms with E-state index in [1.165, 1.54) is 12.3 Å². The average Bonchev–Trinajstić information content (AvgIpc) is 3.40. The molecular weight excluding hydrogens is 325 g/mol. The highest BCUT2D eigenvalue weighted by molar-refractivity contribution is 5.93. The molecule has 25 heavy (non-hydrogen) atoms. The Morgan fingerprint density at radius 3 is 2.52 bits per heavy atom. The number of aromatic carboxylic acids is 1. The molecular formula is C18H22FN3O3. The van der Waals surface area contributed by atoms with Crippen LogP contribution in [-0.4, -0.2) is 41.8 Å². The number of hydrogen-bond donors (Lipinski definition) is 2. The number of hydrogen-bond acceptors (Lipinski definition) is 4. The molecule has 1 aliphatic carbocycles. The summed E-state index contributed by atoms with van der Waals surface area (Å²) in [6.07, 6.45) is 3.29. The van der Waals surface area contributed by atoms with Crippen molar-refractivity contribution in [2.75, 3.05) is 31.1 Å². The summed E-state index contributed by atoms with van der Waals surface area (Å²) in [5.41, 5.74) is 0.159. The lowest BCUT2D eigenvalue weighted by atomic mass is 10.1. The monoisotopic (exact) mass is 347 g/mol. The second-order valence-corrected chi connectivity index (χ2v) is 6.37. The van der Waals surface area contributed by atoms with Crippen molar-refractivity contribution in [1.29, 1.82) is 0 Å². The molecule has 1 aromatic carbocycles. The maximum atomic E-state index is 14.6. The van der Waals surface area contributed by atoms with Crippen molar-refractivity contribution in [2.45, 2.75) is 26.3 Å². The molecule has 7 heteroatoms. The molecule has 134 valence electrons. The normalized spacial score (nSPS) is 17.4. The zero-order valence-electron chi connectivity index (χ0n) is 13.1. The minimum absolute atomic E-state index is 0. The van der Waals surface area contributed by atoms with E-state index in [0.29, 0.717) is 24.3 Å². The molecule has 0 amide bonds. The van der Waals surface area contributed by atoms with Gasteiger partial charge in [-0.2, -0.15) is 0 Å². The average molecular weight is 347 g/mol. The first-order valence-electron chi connectivity index (χ1n) is 8.13. The van der Waals surface area contributed by atoms with Crippen LogP contribution in [0.4, 0.5) is 10.1 Å². The summed E-state index contributed by atoms with van der Waals surface area (Å²) in [7, 11) is 0. The van der Waals surface area contributed by atoms with Crippen molar-refractivity contribution in [3.05, 3.63) is 39.9 Å². The molecule has 6 nitrogen and oxygen atoms in total. The second-order valence-electron chi connectivity index (χ2n) is 6.37. The van der Waals surface area contributed by atoms with Gasteiger partial charge in [-0.15, -0.1) is 0 Å². The predicted octanol–water partition coefficient (Wildman–Crippen LogP) is 2.22. The maximum absolute atomic E-state index is 14.6. The zero-order chi connectivity index (χ0) is 16.8. The molecule has 1 aliphatic heterocycles. The molecule has 0 unspecified atom stereocenters. The van der Waals surface area contributed by atoms with E-state index in [4.69, 9.17) is 0 Å². The number of benzene rings is 1. The molecule has 0 spiro atoms. The summed E-state index contributed by atoms with van der Waals surface area (Å²) in [6, 6.07) is 3.08. The minimum atomic E-state index is -1.28. The quantitative estimate of drug-likeness (QED) is 0.891. The van der Waals surface area contributed by atoms with Gasteiger partial charge in [0.15, 0.2) is 0 Å².